The van der Waals surface area contributed by atoms with Crippen LogP contribution in [0.2, 0.25) is 0 Å². The number of rotatable bonds is 5. The van der Waals surface area contributed by atoms with E-state index in [0.29, 0.717) is 11.4 Å². The van der Waals surface area contributed by atoms with Gasteiger partial charge in [0.15, 0.2) is 0 Å². The molecule has 0 spiro atoms. The zero-order valence-corrected chi connectivity index (χ0v) is 13.8. The van der Waals surface area contributed by atoms with Crippen molar-refractivity contribution in [1.82, 2.24) is 24.3 Å². The van der Waals surface area contributed by atoms with Gasteiger partial charge in [-0.15, -0.1) is 0 Å². The van der Waals surface area contributed by atoms with E-state index < -0.39 is 10.0 Å². The van der Waals surface area contributed by atoms with Crippen LogP contribution in [0.1, 0.15) is 29.6 Å². The Morgan fingerprint density at radius 2 is 2.00 bits per heavy atom. The highest BCUT2D eigenvalue weighted by atomic mass is 32.2. The number of sulfonamides is 1. The molecule has 2 heterocycles. The molecule has 0 aliphatic rings. The van der Waals surface area contributed by atoms with Crippen molar-refractivity contribution in [3.63, 3.8) is 0 Å². The molecule has 0 amide bonds. The van der Waals surface area contributed by atoms with Gasteiger partial charge >= 0.3 is 0 Å². The Balaban J connectivity index is 2.31. The third-order valence-corrected chi connectivity index (χ3v) is 5.69. The summed E-state index contributed by atoms with van der Waals surface area (Å²) in [6.07, 6.45) is 1.72. The average molecular weight is 311 g/mol. The van der Waals surface area contributed by atoms with Crippen molar-refractivity contribution in [2.24, 2.45) is 0 Å². The van der Waals surface area contributed by atoms with Crippen LogP contribution in [0.25, 0.3) is 0 Å². The van der Waals surface area contributed by atoms with Crippen LogP contribution in [0.5, 0.6) is 0 Å². The summed E-state index contributed by atoms with van der Waals surface area (Å²) in [5.74, 6) is 0. The SMILES string of the molecule is CCn1ncc(CN(C)S(=O)(=O)c2c(C)n[nH]c2C)c1C. The summed E-state index contributed by atoms with van der Waals surface area (Å²) in [7, 11) is -1.99. The monoisotopic (exact) mass is 311 g/mol. The lowest BCUT2D eigenvalue weighted by atomic mass is 10.2. The van der Waals surface area contributed by atoms with Crippen LogP contribution in [0.15, 0.2) is 11.1 Å². The molecule has 2 aromatic rings. The van der Waals surface area contributed by atoms with E-state index in [1.807, 2.05) is 18.5 Å². The molecule has 0 bridgehead atoms. The number of hydrogen-bond donors (Lipinski definition) is 1. The zero-order valence-electron chi connectivity index (χ0n) is 13.0. The second-order valence-electron chi connectivity index (χ2n) is 5.10. The maximum absolute atomic E-state index is 12.7. The Kier molecular flexibility index (Phi) is 4.20. The largest absolute Gasteiger partial charge is 0.281 e. The van der Waals surface area contributed by atoms with Gasteiger partial charge in [0.1, 0.15) is 4.90 Å². The van der Waals surface area contributed by atoms with Gasteiger partial charge in [-0.2, -0.15) is 14.5 Å². The molecule has 1 N–H and O–H groups in total. The van der Waals surface area contributed by atoms with Crippen LogP contribution in [-0.4, -0.2) is 39.7 Å². The number of hydrogen-bond acceptors (Lipinski definition) is 4. The minimum absolute atomic E-state index is 0.255. The number of aromatic amines is 1. The van der Waals surface area contributed by atoms with Gasteiger partial charge in [0.05, 0.1) is 17.6 Å². The molecule has 116 valence electrons. The maximum Gasteiger partial charge on any atom is 0.246 e. The third kappa shape index (κ3) is 2.73. The number of aryl methyl sites for hydroxylation is 3. The summed E-state index contributed by atoms with van der Waals surface area (Å²) in [4.78, 5) is 0.255. The van der Waals surface area contributed by atoms with Crippen molar-refractivity contribution >= 4 is 10.0 Å². The Morgan fingerprint density at radius 3 is 2.48 bits per heavy atom. The Labute approximate surface area is 125 Å². The number of H-pyrrole nitrogens is 1. The highest BCUT2D eigenvalue weighted by Gasteiger charge is 2.27. The first-order valence-corrected chi connectivity index (χ1v) is 8.22. The van der Waals surface area contributed by atoms with Gasteiger partial charge in [-0.1, -0.05) is 0 Å². The fourth-order valence-corrected chi connectivity index (χ4v) is 3.83. The number of nitrogens with zero attached hydrogens (tertiary/aromatic N) is 4. The van der Waals surface area contributed by atoms with Crippen molar-refractivity contribution in [2.45, 2.75) is 45.7 Å². The molecule has 0 unspecified atom stereocenters. The number of nitrogens with one attached hydrogen (secondary N) is 1. The maximum atomic E-state index is 12.7. The molecule has 2 aromatic heterocycles. The molecular weight excluding hydrogens is 290 g/mol. The normalized spacial score (nSPS) is 12.3. The second-order valence-corrected chi connectivity index (χ2v) is 7.08. The predicted molar refractivity (Wildman–Crippen MR) is 79.4 cm³/mol. The lowest BCUT2D eigenvalue weighted by Crippen LogP contribution is -2.27. The standard InChI is InChI=1S/C13H21N5O2S/c1-6-18-11(4)12(7-14-18)8-17(5)21(19,20)13-9(2)15-16-10(13)3/h7H,6,8H2,1-5H3,(H,15,16). The van der Waals surface area contributed by atoms with Gasteiger partial charge < -0.3 is 0 Å². The molecule has 0 aliphatic carbocycles. The zero-order chi connectivity index (χ0) is 15.8. The van der Waals surface area contributed by atoms with Gasteiger partial charge in [-0.3, -0.25) is 9.78 Å². The molecule has 7 nitrogen and oxygen atoms in total. The van der Waals surface area contributed by atoms with E-state index >= 15 is 0 Å². The van der Waals surface area contributed by atoms with Crippen molar-refractivity contribution in [3.8, 4) is 0 Å². The molecule has 2 rings (SSSR count). The third-order valence-electron chi connectivity index (χ3n) is 3.63. The minimum atomic E-state index is -3.57. The first kappa shape index (κ1) is 15.7. The lowest BCUT2D eigenvalue weighted by Gasteiger charge is -2.17. The molecule has 0 fully saturated rings. The molecule has 0 aliphatic heterocycles. The van der Waals surface area contributed by atoms with E-state index in [9.17, 15) is 8.42 Å². The first-order chi connectivity index (χ1) is 9.78. The molecule has 0 saturated heterocycles. The van der Waals surface area contributed by atoms with Gasteiger partial charge in [0, 0.05) is 31.4 Å². The lowest BCUT2D eigenvalue weighted by molar-refractivity contribution is 0.464. The smallest absolute Gasteiger partial charge is 0.246 e. The van der Waals surface area contributed by atoms with Crippen molar-refractivity contribution in [3.05, 3.63) is 28.8 Å². The summed E-state index contributed by atoms with van der Waals surface area (Å²) in [5, 5.41) is 10.9. The van der Waals surface area contributed by atoms with E-state index in [2.05, 4.69) is 15.3 Å². The van der Waals surface area contributed by atoms with Crippen molar-refractivity contribution in [1.29, 1.82) is 0 Å². The number of aromatic nitrogens is 4. The Morgan fingerprint density at radius 1 is 1.33 bits per heavy atom. The van der Waals surface area contributed by atoms with Gasteiger partial charge in [-0.25, -0.2) is 8.42 Å². The summed E-state index contributed by atoms with van der Waals surface area (Å²) < 4.78 is 28.5. The van der Waals surface area contributed by atoms with Crippen LogP contribution < -0.4 is 0 Å². The van der Waals surface area contributed by atoms with Crippen molar-refractivity contribution < 1.29 is 8.42 Å². The second kappa shape index (κ2) is 5.61. The van der Waals surface area contributed by atoms with E-state index in [4.69, 9.17) is 0 Å². The van der Waals surface area contributed by atoms with E-state index in [0.717, 1.165) is 17.8 Å². The van der Waals surface area contributed by atoms with Crippen LogP contribution >= 0.6 is 0 Å². The van der Waals surface area contributed by atoms with Gasteiger partial charge in [0.25, 0.3) is 0 Å². The molecule has 0 aromatic carbocycles. The minimum Gasteiger partial charge on any atom is -0.281 e. The summed E-state index contributed by atoms with van der Waals surface area (Å²) in [6.45, 7) is 8.40. The van der Waals surface area contributed by atoms with E-state index in [1.54, 1.807) is 27.1 Å². The molecule has 0 radical (unpaired) electrons. The quantitative estimate of drug-likeness (QED) is 0.904. The van der Waals surface area contributed by atoms with E-state index in [1.165, 1.54) is 4.31 Å². The summed E-state index contributed by atoms with van der Waals surface area (Å²) >= 11 is 0. The first-order valence-electron chi connectivity index (χ1n) is 6.78. The fourth-order valence-electron chi connectivity index (χ4n) is 2.36. The van der Waals surface area contributed by atoms with E-state index in [-0.39, 0.29) is 11.4 Å². The van der Waals surface area contributed by atoms with Crippen LogP contribution in [0.3, 0.4) is 0 Å². The molecule has 21 heavy (non-hydrogen) atoms. The van der Waals surface area contributed by atoms with Gasteiger partial charge in [-0.05, 0) is 27.7 Å². The molecule has 0 saturated carbocycles. The Hall–Kier alpha value is -1.67. The summed E-state index contributed by atoms with van der Waals surface area (Å²) in [5.41, 5.74) is 2.93. The predicted octanol–water partition coefficient (Wildman–Crippen LogP) is 1.37. The van der Waals surface area contributed by atoms with Crippen LogP contribution in [0, 0.1) is 20.8 Å². The molecular formula is C13H21N5O2S. The fraction of sp³-hybridized carbons (Fsp3) is 0.538. The van der Waals surface area contributed by atoms with Crippen LogP contribution in [-0.2, 0) is 23.1 Å². The van der Waals surface area contributed by atoms with Gasteiger partial charge in [0.2, 0.25) is 10.0 Å². The van der Waals surface area contributed by atoms with Crippen LogP contribution in [0.4, 0.5) is 0 Å². The average Bonchev–Trinajstić information content (AvgIpc) is 2.93. The topological polar surface area (TPSA) is 83.9 Å². The van der Waals surface area contributed by atoms with Crippen molar-refractivity contribution in [2.75, 3.05) is 7.05 Å². The summed E-state index contributed by atoms with van der Waals surface area (Å²) in [6, 6.07) is 0. The molecule has 0 atom stereocenters. The highest BCUT2D eigenvalue weighted by molar-refractivity contribution is 7.89. The molecule has 8 heteroatoms. The highest BCUT2D eigenvalue weighted by Crippen LogP contribution is 2.22. The Bertz CT molecular complexity index is 725.